The number of benzene rings is 1. The molecule has 10 nitrogen and oxygen atoms in total. The Labute approximate surface area is 221 Å². The first kappa shape index (κ1) is 26.1. The van der Waals surface area contributed by atoms with Gasteiger partial charge in [-0.3, -0.25) is 14.4 Å². The highest BCUT2D eigenvalue weighted by atomic mass is 16.3. The third-order valence-corrected chi connectivity index (χ3v) is 8.80. The van der Waals surface area contributed by atoms with E-state index in [9.17, 15) is 34.8 Å². The van der Waals surface area contributed by atoms with Crippen molar-refractivity contribution in [3.63, 3.8) is 0 Å². The number of nitrogens with zero attached hydrogens (tertiary/aromatic N) is 2. The summed E-state index contributed by atoms with van der Waals surface area (Å²) in [5, 5.41) is 44.6. The first-order valence-corrected chi connectivity index (χ1v) is 13.1. The minimum absolute atomic E-state index is 0.0169. The number of carbonyl (C=O) groups is 3. The molecule has 5 rings (SSSR count). The Morgan fingerprint density at radius 3 is 2.37 bits per heavy atom. The Hall–Kier alpha value is -3.53. The molecule has 4 aliphatic rings. The fourth-order valence-electron chi connectivity index (χ4n) is 7.18. The predicted molar refractivity (Wildman–Crippen MR) is 139 cm³/mol. The quantitative estimate of drug-likeness (QED) is 0.401. The lowest BCUT2D eigenvalue weighted by atomic mass is 9.58. The smallest absolute Gasteiger partial charge is 0.257 e. The van der Waals surface area contributed by atoms with Gasteiger partial charge in [0.25, 0.3) is 11.8 Å². The number of hydrogen-bond donors (Lipinski definition) is 5. The van der Waals surface area contributed by atoms with Gasteiger partial charge in [-0.2, -0.15) is 0 Å². The van der Waals surface area contributed by atoms with Gasteiger partial charge in [0.2, 0.25) is 0 Å². The van der Waals surface area contributed by atoms with Crippen molar-refractivity contribution < 1.29 is 34.8 Å². The zero-order chi connectivity index (χ0) is 27.7. The number of aliphatic hydroxyl groups is 3. The lowest BCUT2D eigenvalue weighted by Crippen LogP contribution is -2.52. The van der Waals surface area contributed by atoms with Crippen LogP contribution in [0.2, 0.25) is 0 Å². The summed E-state index contributed by atoms with van der Waals surface area (Å²) >= 11 is 0. The van der Waals surface area contributed by atoms with Crippen LogP contribution in [-0.2, 0) is 11.2 Å². The van der Waals surface area contributed by atoms with Crippen LogP contribution in [0.15, 0.2) is 28.7 Å². The van der Waals surface area contributed by atoms with E-state index in [4.69, 9.17) is 5.73 Å². The summed E-state index contributed by atoms with van der Waals surface area (Å²) in [6.07, 6.45) is 3.50. The van der Waals surface area contributed by atoms with Crippen molar-refractivity contribution in [2.24, 2.45) is 23.5 Å². The fourth-order valence-corrected chi connectivity index (χ4v) is 7.18. The number of likely N-dealkylation sites (tertiary alicyclic amines) is 1. The number of aliphatic hydroxyl groups excluding tert-OH is 2. The van der Waals surface area contributed by atoms with Gasteiger partial charge in [-0.05, 0) is 62.5 Å². The Morgan fingerprint density at radius 2 is 1.76 bits per heavy atom. The second-order valence-electron chi connectivity index (χ2n) is 11.4. The SMILES string of the molecule is CN(C)c1cc(C(=O)N2CCCCC2)c(O)c2c1CC1CC3CC(O)=C(C(N)=O)C(C)(O)C3C(O)=C1C2=O. The summed E-state index contributed by atoms with van der Waals surface area (Å²) in [6, 6.07) is 1.64. The van der Waals surface area contributed by atoms with Crippen LogP contribution in [0.3, 0.4) is 0 Å². The van der Waals surface area contributed by atoms with Gasteiger partial charge in [0, 0.05) is 44.9 Å². The number of phenols is 1. The van der Waals surface area contributed by atoms with Crippen LogP contribution in [0.5, 0.6) is 5.75 Å². The van der Waals surface area contributed by atoms with Crippen molar-refractivity contribution in [3.8, 4) is 5.75 Å². The number of phenolic OH excluding ortho intramolecular Hbond substituents is 1. The van der Waals surface area contributed by atoms with Crippen LogP contribution < -0.4 is 10.6 Å². The molecule has 10 heteroatoms. The van der Waals surface area contributed by atoms with Crippen LogP contribution in [-0.4, -0.2) is 75.7 Å². The zero-order valence-electron chi connectivity index (χ0n) is 22.0. The van der Waals surface area contributed by atoms with Gasteiger partial charge in [-0.25, -0.2) is 0 Å². The molecule has 1 saturated heterocycles. The fraction of sp³-hybridized carbons (Fsp3) is 0.536. The number of nitrogens with two attached hydrogens (primary N) is 1. The number of Topliss-reactive ketones (excluding diaryl/α,β-unsaturated/α-hetero) is 1. The van der Waals surface area contributed by atoms with Crippen molar-refractivity contribution in [3.05, 3.63) is 45.4 Å². The first-order valence-electron chi connectivity index (χ1n) is 13.1. The highest BCUT2D eigenvalue weighted by Crippen LogP contribution is 2.54. The number of allylic oxidation sites excluding steroid dienone is 2. The molecule has 2 amide bonds. The van der Waals surface area contributed by atoms with E-state index in [0.29, 0.717) is 37.2 Å². The average molecular weight is 526 g/mol. The van der Waals surface area contributed by atoms with Gasteiger partial charge in [0.05, 0.1) is 22.6 Å². The Kier molecular flexibility index (Phi) is 6.21. The maximum Gasteiger partial charge on any atom is 0.257 e. The number of piperidine rings is 1. The molecule has 1 fully saturated rings. The molecule has 3 aliphatic carbocycles. The highest BCUT2D eigenvalue weighted by molar-refractivity contribution is 6.16. The van der Waals surface area contributed by atoms with E-state index in [-0.39, 0.29) is 46.1 Å². The molecule has 1 aliphatic heterocycles. The number of anilines is 1. The molecule has 0 radical (unpaired) electrons. The second kappa shape index (κ2) is 9.04. The van der Waals surface area contributed by atoms with Gasteiger partial charge in [-0.15, -0.1) is 0 Å². The molecule has 1 heterocycles. The number of hydrogen-bond acceptors (Lipinski definition) is 8. The lowest BCUT2D eigenvalue weighted by molar-refractivity contribution is -0.119. The van der Waals surface area contributed by atoms with E-state index in [2.05, 4.69) is 0 Å². The summed E-state index contributed by atoms with van der Waals surface area (Å²) in [6.45, 7) is 2.46. The van der Waals surface area contributed by atoms with E-state index in [0.717, 1.165) is 19.3 Å². The molecule has 1 aromatic carbocycles. The third-order valence-electron chi connectivity index (χ3n) is 8.80. The largest absolute Gasteiger partial charge is 0.512 e. The van der Waals surface area contributed by atoms with Crippen LogP contribution in [0.1, 0.15) is 65.3 Å². The molecule has 0 aromatic heterocycles. The molecule has 204 valence electrons. The summed E-state index contributed by atoms with van der Waals surface area (Å²) in [5.41, 5.74) is 4.39. The molecular formula is C28H35N3O7. The monoisotopic (exact) mass is 525 g/mol. The molecule has 0 saturated carbocycles. The number of ketones is 1. The number of primary amides is 1. The average Bonchev–Trinajstić information content (AvgIpc) is 2.82. The molecule has 1 aromatic rings. The topological polar surface area (TPSA) is 165 Å². The van der Waals surface area contributed by atoms with E-state index in [1.54, 1.807) is 30.0 Å². The number of carbonyl (C=O) groups excluding carboxylic acids is 3. The lowest BCUT2D eigenvalue weighted by Gasteiger charge is -2.48. The van der Waals surface area contributed by atoms with Gasteiger partial charge < -0.3 is 36.0 Å². The predicted octanol–water partition coefficient (Wildman–Crippen LogP) is 2.34. The van der Waals surface area contributed by atoms with E-state index >= 15 is 0 Å². The number of rotatable bonds is 3. The summed E-state index contributed by atoms with van der Waals surface area (Å²) in [4.78, 5) is 43.0. The second-order valence-corrected chi connectivity index (χ2v) is 11.4. The van der Waals surface area contributed by atoms with Crippen molar-refractivity contribution in [1.82, 2.24) is 4.90 Å². The van der Waals surface area contributed by atoms with Gasteiger partial charge >= 0.3 is 0 Å². The van der Waals surface area contributed by atoms with Crippen molar-refractivity contribution in [2.75, 3.05) is 32.1 Å². The summed E-state index contributed by atoms with van der Waals surface area (Å²) in [7, 11) is 3.61. The molecule has 0 spiro atoms. The minimum Gasteiger partial charge on any atom is -0.512 e. The molecule has 0 bridgehead atoms. The molecule has 4 unspecified atom stereocenters. The number of amides is 2. The van der Waals surface area contributed by atoms with E-state index in [1.807, 2.05) is 0 Å². The Balaban J connectivity index is 1.65. The van der Waals surface area contributed by atoms with Crippen molar-refractivity contribution in [2.45, 2.75) is 51.0 Å². The zero-order valence-corrected chi connectivity index (χ0v) is 22.0. The standard InChI is InChI=1S/C28H35N3O7/c1-28(38)21-14(11-18(32)22(28)26(29)36)9-13-10-15-17(30(2)3)12-16(27(37)31-7-5-4-6-8-31)23(33)20(15)24(34)19(13)25(21)35/h12-14,21,32-33,35,38H,4-11H2,1-3H3,(H2,29,36). The van der Waals surface area contributed by atoms with Crippen LogP contribution in [0, 0.1) is 17.8 Å². The van der Waals surface area contributed by atoms with Gasteiger partial charge in [0.1, 0.15) is 22.9 Å². The van der Waals surface area contributed by atoms with Crippen LogP contribution in [0.4, 0.5) is 5.69 Å². The minimum atomic E-state index is -2.00. The molecular weight excluding hydrogens is 490 g/mol. The van der Waals surface area contributed by atoms with Crippen molar-refractivity contribution in [1.29, 1.82) is 0 Å². The Morgan fingerprint density at radius 1 is 1.11 bits per heavy atom. The molecule has 4 atom stereocenters. The van der Waals surface area contributed by atoms with Gasteiger partial charge in [-0.1, -0.05) is 0 Å². The molecule has 38 heavy (non-hydrogen) atoms. The summed E-state index contributed by atoms with van der Waals surface area (Å²) < 4.78 is 0. The maximum atomic E-state index is 14.0. The number of fused-ring (bicyclic) bond motifs is 3. The number of aromatic hydroxyl groups is 1. The first-order chi connectivity index (χ1) is 17.9. The Bertz CT molecular complexity index is 1300. The third kappa shape index (κ3) is 3.76. The highest BCUT2D eigenvalue weighted by Gasteiger charge is 2.55. The van der Waals surface area contributed by atoms with Crippen molar-refractivity contribution >= 4 is 23.3 Å². The van der Waals surface area contributed by atoms with Crippen LogP contribution >= 0.6 is 0 Å². The summed E-state index contributed by atoms with van der Waals surface area (Å²) in [5.74, 6) is -4.93. The van der Waals surface area contributed by atoms with Crippen LogP contribution in [0.25, 0.3) is 0 Å². The van der Waals surface area contributed by atoms with Gasteiger partial charge in [0.15, 0.2) is 5.78 Å². The van der Waals surface area contributed by atoms with E-state index < -0.39 is 40.8 Å². The van der Waals surface area contributed by atoms with E-state index in [1.165, 1.54) is 6.92 Å². The normalized spacial score (nSPS) is 29.0. The molecule has 6 N–H and O–H groups in total. The maximum absolute atomic E-state index is 14.0.